The number of aliphatic carboxylic acids is 1. The second-order valence-corrected chi connectivity index (χ2v) is 8.11. The van der Waals surface area contributed by atoms with Crippen LogP contribution in [-0.4, -0.2) is 22.8 Å². The second kappa shape index (κ2) is 8.82. The molecule has 0 saturated heterocycles. The lowest BCUT2D eigenvalue weighted by Gasteiger charge is -2.45. The van der Waals surface area contributed by atoms with Crippen molar-refractivity contribution in [3.8, 4) is 11.5 Å². The van der Waals surface area contributed by atoms with Crippen molar-refractivity contribution in [2.24, 2.45) is 0 Å². The predicted molar refractivity (Wildman–Crippen MR) is 119 cm³/mol. The summed E-state index contributed by atoms with van der Waals surface area (Å²) in [6, 6.07) is 26.1. The van der Waals surface area contributed by atoms with Crippen molar-refractivity contribution in [2.45, 2.75) is 38.4 Å². The molecule has 3 aromatic carbocycles. The number of rotatable bonds is 8. The number of hydrogen-bond acceptors (Lipinski definition) is 4. The summed E-state index contributed by atoms with van der Waals surface area (Å²) in [4.78, 5) is 14.3. The minimum absolute atomic E-state index is 0.0174. The van der Waals surface area contributed by atoms with Crippen LogP contribution in [0.1, 0.15) is 43.0 Å². The third kappa shape index (κ3) is 4.42. The summed E-state index contributed by atoms with van der Waals surface area (Å²) in [6.07, 6.45) is -0.0450. The summed E-state index contributed by atoms with van der Waals surface area (Å²) in [7, 11) is 0. The van der Waals surface area contributed by atoms with Crippen molar-refractivity contribution in [1.82, 2.24) is 4.90 Å². The van der Waals surface area contributed by atoms with Gasteiger partial charge in [-0.25, -0.2) is 0 Å². The summed E-state index contributed by atoms with van der Waals surface area (Å²) < 4.78 is 11.1. The maximum Gasteiger partial charge on any atom is 0.305 e. The lowest BCUT2D eigenvalue weighted by molar-refractivity contribution is -0.141. The van der Waals surface area contributed by atoms with Crippen LogP contribution in [-0.2, 0) is 16.9 Å². The molecule has 1 aliphatic rings. The first-order chi connectivity index (χ1) is 15.0. The Labute approximate surface area is 182 Å². The fourth-order valence-corrected chi connectivity index (χ4v) is 4.33. The number of nitrogens with zero attached hydrogens (tertiary/aromatic N) is 1. The lowest BCUT2D eigenvalue weighted by Crippen LogP contribution is -2.46. The van der Waals surface area contributed by atoms with Gasteiger partial charge in [-0.3, -0.25) is 9.69 Å². The van der Waals surface area contributed by atoms with E-state index < -0.39 is 11.5 Å². The Morgan fingerprint density at radius 2 is 1.65 bits per heavy atom. The molecule has 4 rings (SSSR count). The molecule has 1 aliphatic heterocycles. The van der Waals surface area contributed by atoms with E-state index in [4.69, 9.17) is 9.47 Å². The average Bonchev–Trinajstić information content (AvgIpc) is 3.26. The first-order valence-electron chi connectivity index (χ1n) is 10.4. The molecule has 31 heavy (non-hydrogen) atoms. The number of ether oxygens (including phenoxy) is 2. The van der Waals surface area contributed by atoms with E-state index in [1.54, 1.807) is 0 Å². The fourth-order valence-electron chi connectivity index (χ4n) is 4.33. The molecular formula is C26H27NO4. The van der Waals surface area contributed by atoms with Gasteiger partial charge >= 0.3 is 5.97 Å². The number of hydrogen-bond donors (Lipinski definition) is 1. The molecule has 0 saturated carbocycles. The molecule has 5 heteroatoms. The molecule has 0 unspecified atom stereocenters. The van der Waals surface area contributed by atoms with Crippen LogP contribution in [0.15, 0.2) is 78.9 Å². The van der Waals surface area contributed by atoms with Gasteiger partial charge in [-0.2, -0.15) is 0 Å². The zero-order chi connectivity index (χ0) is 21.8. The highest BCUT2D eigenvalue weighted by atomic mass is 16.7. The van der Waals surface area contributed by atoms with E-state index >= 15 is 0 Å². The molecule has 5 nitrogen and oxygen atoms in total. The highest BCUT2D eigenvalue weighted by Crippen LogP contribution is 2.43. The Morgan fingerprint density at radius 3 is 2.32 bits per heavy atom. The molecule has 0 aliphatic carbocycles. The molecule has 1 heterocycles. The van der Waals surface area contributed by atoms with Gasteiger partial charge < -0.3 is 14.6 Å². The fraction of sp³-hybridized carbons (Fsp3) is 0.269. The number of carboxylic acid groups (broad SMARTS) is 1. The highest BCUT2D eigenvalue weighted by molar-refractivity contribution is 5.69. The molecule has 0 fully saturated rings. The lowest BCUT2D eigenvalue weighted by atomic mass is 9.84. The monoisotopic (exact) mass is 417 g/mol. The maximum atomic E-state index is 12.1. The molecule has 0 aromatic heterocycles. The van der Waals surface area contributed by atoms with Crippen LogP contribution in [0.25, 0.3) is 0 Å². The molecule has 0 bridgehead atoms. The quantitative estimate of drug-likeness (QED) is 0.534. The van der Waals surface area contributed by atoms with Gasteiger partial charge in [0.05, 0.1) is 12.0 Å². The Balaban J connectivity index is 1.82. The van der Waals surface area contributed by atoms with E-state index in [-0.39, 0.29) is 19.3 Å². The van der Waals surface area contributed by atoms with E-state index in [2.05, 4.69) is 36.1 Å². The highest BCUT2D eigenvalue weighted by Gasteiger charge is 2.40. The molecule has 2 atom stereocenters. The van der Waals surface area contributed by atoms with Gasteiger partial charge in [-0.1, -0.05) is 66.7 Å². The van der Waals surface area contributed by atoms with Gasteiger partial charge in [0.1, 0.15) is 0 Å². The number of fused-ring (bicyclic) bond motifs is 1. The van der Waals surface area contributed by atoms with Gasteiger partial charge in [-0.15, -0.1) is 0 Å². The van der Waals surface area contributed by atoms with Crippen LogP contribution in [0.3, 0.4) is 0 Å². The molecule has 0 radical (unpaired) electrons. The summed E-state index contributed by atoms with van der Waals surface area (Å²) in [5.74, 6) is 0.492. The number of carboxylic acids is 1. The van der Waals surface area contributed by atoms with E-state index in [9.17, 15) is 9.90 Å². The predicted octanol–water partition coefficient (Wildman–Crippen LogP) is 5.37. The second-order valence-electron chi connectivity index (χ2n) is 8.11. The van der Waals surface area contributed by atoms with Gasteiger partial charge in [-0.05, 0) is 42.7 Å². The standard InChI is InChI=1S/C26H27NO4/c1-19(21-11-7-4-8-12-21)27(17-20-9-5-3-6-10-20)26(2,16-25(28)29)22-13-14-23-24(15-22)31-18-30-23/h3-15,19H,16-18H2,1-2H3,(H,28,29)/t19-,26+/m0/s1. The largest absolute Gasteiger partial charge is 0.481 e. The molecule has 160 valence electrons. The van der Waals surface area contributed by atoms with Gasteiger partial charge in [0.2, 0.25) is 6.79 Å². The molecular weight excluding hydrogens is 390 g/mol. The summed E-state index contributed by atoms with van der Waals surface area (Å²) in [5, 5.41) is 9.89. The van der Waals surface area contributed by atoms with Crippen LogP contribution in [0.2, 0.25) is 0 Å². The topological polar surface area (TPSA) is 59.0 Å². The van der Waals surface area contributed by atoms with E-state index in [0.29, 0.717) is 18.0 Å². The Hall–Kier alpha value is -3.31. The van der Waals surface area contributed by atoms with Crippen molar-refractivity contribution in [2.75, 3.05) is 6.79 Å². The van der Waals surface area contributed by atoms with Crippen molar-refractivity contribution >= 4 is 5.97 Å². The van der Waals surface area contributed by atoms with Gasteiger partial charge in [0.15, 0.2) is 11.5 Å². The number of benzene rings is 3. The molecule has 0 amide bonds. The first kappa shape index (κ1) is 20.9. The Morgan fingerprint density at radius 1 is 1.00 bits per heavy atom. The molecule has 0 spiro atoms. The smallest absolute Gasteiger partial charge is 0.305 e. The van der Waals surface area contributed by atoms with Gasteiger partial charge in [0, 0.05) is 12.6 Å². The van der Waals surface area contributed by atoms with Crippen LogP contribution in [0, 0.1) is 0 Å². The Bertz CT molecular complexity index is 1040. The zero-order valence-corrected chi connectivity index (χ0v) is 17.8. The maximum absolute atomic E-state index is 12.1. The Kier molecular flexibility index (Phi) is 5.96. The van der Waals surface area contributed by atoms with E-state index in [1.165, 1.54) is 0 Å². The first-order valence-corrected chi connectivity index (χ1v) is 10.4. The van der Waals surface area contributed by atoms with Crippen molar-refractivity contribution < 1.29 is 19.4 Å². The van der Waals surface area contributed by atoms with Crippen LogP contribution >= 0.6 is 0 Å². The normalized spacial score (nSPS) is 15.5. The van der Waals surface area contributed by atoms with Gasteiger partial charge in [0.25, 0.3) is 0 Å². The third-order valence-corrected chi connectivity index (χ3v) is 6.07. The minimum Gasteiger partial charge on any atom is -0.481 e. The van der Waals surface area contributed by atoms with Crippen molar-refractivity contribution in [3.63, 3.8) is 0 Å². The third-order valence-electron chi connectivity index (χ3n) is 6.07. The van der Waals surface area contributed by atoms with Crippen molar-refractivity contribution in [3.05, 3.63) is 95.6 Å². The average molecular weight is 418 g/mol. The van der Waals surface area contributed by atoms with E-state index in [0.717, 1.165) is 16.7 Å². The SMILES string of the molecule is C[C@@H](c1ccccc1)N(Cc1ccccc1)[C@](C)(CC(=O)O)c1ccc2c(c1)OCO2. The minimum atomic E-state index is -0.849. The van der Waals surface area contributed by atoms with E-state index in [1.807, 2.05) is 61.5 Å². The van der Waals surface area contributed by atoms with Crippen LogP contribution in [0.5, 0.6) is 11.5 Å². The molecule has 1 N–H and O–H groups in total. The van der Waals surface area contributed by atoms with Crippen LogP contribution in [0.4, 0.5) is 0 Å². The molecule has 3 aromatic rings. The summed E-state index contributed by atoms with van der Waals surface area (Å²) in [5.41, 5.74) is 2.37. The number of carbonyl (C=O) groups is 1. The van der Waals surface area contributed by atoms with Crippen LogP contribution < -0.4 is 9.47 Å². The zero-order valence-electron chi connectivity index (χ0n) is 17.8. The van der Waals surface area contributed by atoms with Crippen molar-refractivity contribution in [1.29, 1.82) is 0 Å². The summed E-state index contributed by atoms with van der Waals surface area (Å²) in [6.45, 7) is 4.92. The summed E-state index contributed by atoms with van der Waals surface area (Å²) >= 11 is 0.